The lowest BCUT2D eigenvalue weighted by molar-refractivity contribution is 0.414. The molecule has 0 unspecified atom stereocenters. The minimum absolute atomic E-state index is 0.869. The van der Waals surface area contributed by atoms with E-state index < -0.39 is 0 Å². The molecule has 0 aromatic heterocycles. The van der Waals surface area contributed by atoms with Crippen molar-refractivity contribution in [2.75, 3.05) is 19.0 Å². The maximum Gasteiger partial charge on any atom is 0.118 e. The van der Waals surface area contributed by atoms with E-state index >= 15 is 0 Å². The number of para-hydroxylation sites is 1. The van der Waals surface area contributed by atoms with Crippen LogP contribution in [0.4, 0.5) is 5.69 Å². The number of ether oxygens (including phenoxy) is 1. The Morgan fingerprint density at radius 1 is 1.10 bits per heavy atom. The summed E-state index contributed by atoms with van der Waals surface area (Å²) in [4.78, 5) is 0. The highest BCUT2D eigenvalue weighted by Gasteiger charge is 2.12. The molecule has 0 bridgehead atoms. The fraction of sp³-hybridized carbons (Fsp3) is 0.294. The van der Waals surface area contributed by atoms with E-state index in [0.717, 1.165) is 31.8 Å². The third-order valence-electron chi connectivity index (χ3n) is 3.74. The molecule has 3 nitrogen and oxygen atoms in total. The maximum absolute atomic E-state index is 5.16. The highest BCUT2D eigenvalue weighted by Crippen LogP contribution is 2.26. The largest absolute Gasteiger partial charge is 0.497 e. The first-order valence-corrected chi connectivity index (χ1v) is 7.05. The van der Waals surface area contributed by atoms with Crippen molar-refractivity contribution in [1.82, 2.24) is 5.32 Å². The summed E-state index contributed by atoms with van der Waals surface area (Å²) in [6.07, 6.45) is 1.14. The van der Waals surface area contributed by atoms with Crippen molar-refractivity contribution >= 4 is 5.69 Å². The molecular weight excluding hydrogens is 248 g/mol. The molecule has 1 aliphatic heterocycles. The van der Waals surface area contributed by atoms with Crippen LogP contribution in [0.2, 0.25) is 0 Å². The lowest BCUT2D eigenvalue weighted by Gasteiger charge is -2.10. The quantitative estimate of drug-likeness (QED) is 0.874. The first-order chi connectivity index (χ1) is 9.86. The first kappa shape index (κ1) is 13.0. The lowest BCUT2D eigenvalue weighted by atomic mass is 10.1. The molecule has 0 radical (unpaired) electrons. The number of methoxy groups -OCH3 is 1. The number of fused-ring (bicyclic) bond motifs is 1. The van der Waals surface area contributed by atoms with Crippen LogP contribution in [0.15, 0.2) is 42.5 Å². The van der Waals surface area contributed by atoms with Crippen LogP contribution in [-0.4, -0.2) is 13.7 Å². The second kappa shape index (κ2) is 5.97. The molecule has 0 saturated heterocycles. The summed E-state index contributed by atoms with van der Waals surface area (Å²) in [6, 6.07) is 14.7. The van der Waals surface area contributed by atoms with Crippen molar-refractivity contribution in [3.63, 3.8) is 0 Å². The van der Waals surface area contributed by atoms with Gasteiger partial charge in [0.2, 0.25) is 0 Å². The SMILES string of the molecule is COc1ccc(CNCc2cccc3c2NCC3)cc1. The second-order valence-corrected chi connectivity index (χ2v) is 5.08. The summed E-state index contributed by atoms with van der Waals surface area (Å²) >= 11 is 0. The van der Waals surface area contributed by atoms with Crippen molar-refractivity contribution < 1.29 is 4.74 Å². The summed E-state index contributed by atoms with van der Waals surface area (Å²) in [7, 11) is 1.69. The van der Waals surface area contributed by atoms with Crippen molar-refractivity contribution in [1.29, 1.82) is 0 Å². The zero-order chi connectivity index (χ0) is 13.8. The molecule has 0 spiro atoms. The van der Waals surface area contributed by atoms with E-state index in [-0.39, 0.29) is 0 Å². The van der Waals surface area contributed by atoms with Gasteiger partial charge in [0.25, 0.3) is 0 Å². The van der Waals surface area contributed by atoms with Crippen LogP contribution in [-0.2, 0) is 19.5 Å². The molecular formula is C17H20N2O. The van der Waals surface area contributed by atoms with E-state index in [0.29, 0.717) is 0 Å². The maximum atomic E-state index is 5.16. The molecule has 0 saturated carbocycles. The van der Waals surface area contributed by atoms with Crippen molar-refractivity contribution in [2.45, 2.75) is 19.5 Å². The molecule has 104 valence electrons. The highest BCUT2D eigenvalue weighted by atomic mass is 16.5. The zero-order valence-corrected chi connectivity index (χ0v) is 11.8. The Labute approximate surface area is 120 Å². The van der Waals surface area contributed by atoms with E-state index in [1.165, 1.54) is 22.4 Å². The van der Waals surface area contributed by atoms with Gasteiger partial charge < -0.3 is 15.4 Å². The molecule has 0 fully saturated rings. The van der Waals surface area contributed by atoms with Gasteiger partial charge in [0, 0.05) is 25.3 Å². The Balaban J connectivity index is 1.58. The molecule has 0 atom stereocenters. The predicted molar refractivity (Wildman–Crippen MR) is 82.2 cm³/mol. The van der Waals surface area contributed by atoms with Crippen LogP contribution < -0.4 is 15.4 Å². The van der Waals surface area contributed by atoms with Gasteiger partial charge in [-0.25, -0.2) is 0 Å². The molecule has 3 heteroatoms. The number of hydrogen-bond donors (Lipinski definition) is 2. The van der Waals surface area contributed by atoms with Gasteiger partial charge in [-0.05, 0) is 35.2 Å². The number of hydrogen-bond acceptors (Lipinski definition) is 3. The lowest BCUT2D eigenvalue weighted by Crippen LogP contribution is -2.13. The van der Waals surface area contributed by atoms with Gasteiger partial charge in [0.1, 0.15) is 5.75 Å². The average Bonchev–Trinajstić information content (AvgIpc) is 2.97. The number of benzene rings is 2. The molecule has 0 aliphatic carbocycles. The van der Waals surface area contributed by atoms with Gasteiger partial charge in [0.05, 0.1) is 7.11 Å². The van der Waals surface area contributed by atoms with Gasteiger partial charge in [0.15, 0.2) is 0 Å². The average molecular weight is 268 g/mol. The van der Waals surface area contributed by atoms with Crippen LogP contribution in [0.3, 0.4) is 0 Å². The molecule has 1 heterocycles. The van der Waals surface area contributed by atoms with E-state index in [1.807, 2.05) is 12.1 Å². The van der Waals surface area contributed by atoms with Crippen molar-refractivity contribution in [2.24, 2.45) is 0 Å². The fourth-order valence-corrected chi connectivity index (χ4v) is 2.64. The second-order valence-electron chi connectivity index (χ2n) is 5.08. The predicted octanol–water partition coefficient (Wildman–Crippen LogP) is 2.95. The Kier molecular flexibility index (Phi) is 3.88. The minimum Gasteiger partial charge on any atom is -0.497 e. The molecule has 0 amide bonds. The third kappa shape index (κ3) is 2.78. The van der Waals surface area contributed by atoms with Gasteiger partial charge in [-0.2, -0.15) is 0 Å². The van der Waals surface area contributed by atoms with Crippen molar-refractivity contribution in [3.8, 4) is 5.75 Å². The molecule has 2 aromatic carbocycles. The summed E-state index contributed by atoms with van der Waals surface area (Å²) < 4.78 is 5.16. The van der Waals surface area contributed by atoms with E-state index in [1.54, 1.807) is 7.11 Å². The van der Waals surface area contributed by atoms with E-state index in [4.69, 9.17) is 4.74 Å². The monoisotopic (exact) mass is 268 g/mol. The summed E-state index contributed by atoms with van der Waals surface area (Å²) in [5.74, 6) is 0.902. The fourth-order valence-electron chi connectivity index (χ4n) is 2.64. The Morgan fingerprint density at radius 3 is 2.75 bits per heavy atom. The normalized spacial score (nSPS) is 12.8. The molecule has 2 aromatic rings. The van der Waals surface area contributed by atoms with E-state index in [9.17, 15) is 0 Å². The Morgan fingerprint density at radius 2 is 1.95 bits per heavy atom. The topological polar surface area (TPSA) is 33.3 Å². The molecule has 3 rings (SSSR count). The van der Waals surface area contributed by atoms with E-state index in [2.05, 4.69) is 41.0 Å². The molecule has 1 aliphatic rings. The standard InChI is InChI=1S/C17H20N2O/c1-20-16-7-5-13(6-8-16)11-18-12-15-4-2-3-14-9-10-19-17(14)15/h2-8,18-19H,9-12H2,1H3. The zero-order valence-electron chi connectivity index (χ0n) is 11.8. The smallest absolute Gasteiger partial charge is 0.118 e. The van der Waals surface area contributed by atoms with Gasteiger partial charge >= 0.3 is 0 Å². The molecule has 20 heavy (non-hydrogen) atoms. The van der Waals surface area contributed by atoms with Gasteiger partial charge in [-0.3, -0.25) is 0 Å². The number of anilines is 1. The van der Waals surface area contributed by atoms with Gasteiger partial charge in [-0.15, -0.1) is 0 Å². The summed E-state index contributed by atoms with van der Waals surface area (Å²) in [6.45, 7) is 2.82. The van der Waals surface area contributed by atoms with Gasteiger partial charge in [-0.1, -0.05) is 30.3 Å². The highest BCUT2D eigenvalue weighted by molar-refractivity contribution is 5.61. The van der Waals surface area contributed by atoms with Crippen LogP contribution in [0, 0.1) is 0 Å². The molecule has 2 N–H and O–H groups in total. The number of nitrogens with one attached hydrogen (secondary N) is 2. The number of rotatable bonds is 5. The Hall–Kier alpha value is -2.00. The van der Waals surface area contributed by atoms with Crippen LogP contribution >= 0.6 is 0 Å². The summed E-state index contributed by atoms with van der Waals surface area (Å²) in [5.41, 5.74) is 5.39. The summed E-state index contributed by atoms with van der Waals surface area (Å²) in [5, 5.41) is 6.98. The van der Waals surface area contributed by atoms with Crippen LogP contribution in [0.5, 0.6) is 5.75 Å². The van der Waals surface area contributed by atoms with Crippen LogP contribution in [0.1, 0.15) is 16.7 Å². The third-order valence-corrected chi connectivity index (χ3v) is 3.74. The Bertz CT molecular complexity index is 578. The minimum atomic E-state index is 0.869. The van der Waals surface area contributed by atoms with Crippen LogP contribution in [0.25, 0.3) is 0 Å². The van der Waals surface area contributed by atoms with Crippen molar-refractivity contribution in [3.05, 3.63) is 59.2 Å². The first-order valence-electron chi connectivity index (χ1n) is 7.05.